The van der Waals surface area contributed by atoms with Gasteiger partial charge in [-0.25, -0.2) is 4.79 Å². The van der Waals surface area contributed by atoms with Gasteiger partial charge in [0, 0.05) is 44.2 Å². The minimum Gasteiger partial charge on any atom is -0.447 e. The summed E-state index contributed by atoms with van der Waals surface area (Å²) in [5, 5.41) is 0. The number of piperidine rings is 1. The van der Waals surface area contributed by atoms with Crippen molar-refractivity contribution in [2.45, 2.75) is 70.4 Å². The van der Waals surface area contributed by atoms with Gasteiger partial charge < -0.3 is 14.5 Å². The first-order chi connectivity index (χ1) is 15.1. The largest absolute Gasteiger partial charge is 0.447 e. The van der Waals surface area contributed by atoms with Crippen LogP contribution in [-0.2, 0) is 20.7 Å². The van der Waals surface area contributed by atoms with Gasteiger partial charge in [-0.15, -0.1) is 0 Å². The Bertz CT molecular complexity index is 819. The van der Waals surface area contributed by atoms with Crippen molar-refractivity contribution in [3.8, 4) is 0 Å². The topological polar surface area (TPSA) is 70.2 Å². The lowest BCUT2D eigenvalue weighted by atomic mass is 10.00. The highest BCUT2D eigenvalue weighted by Crippen LogP contribution is 2.29. The molecule has 7 nitrogen and oxygen atoms in total. The minimum absolute atomic E-state index is 0.0202. The quantitative estimate of drug-likeness (QED) is 0.669. The standard InChI is InChI=1S/C24H33N3O4/c1-2-3-7-20-17-31-24(30)27(20)19-12-14-25(15-13-19)22(28)9-10-23(29)26-16-11-18-6-4-5-8-21(18)26/h4-6,8,19-20H,2-3,7,9-17H2,1H3. The second kappa shape index (κ2) is 9.71. The summed E-state index contributed by atoms with van der Waals surface area (Å²) < 4.78 is 5.31. The molecule has 2 fully saturated rings. The van der Waals surface area contributed by atoms with E-state index in [1.54, 1.807) is 0 Å². The first kappa shape index (κ1) is 21.7. The number of ether oxygens (including phenoxy) is 1. The van der Waals surface area contributed by atoms with Crippen molar-refractivity contribution in [2.75, 3.05) is 31.1 Å². The molecule has 7 heteroatoms. The van der Waals surface area contributed by atoms with E-state index in [1.165, 1.54) is 5.56 Å². The number of hydrogen-bond acceptors (Lipinski definition) is 4. The normalized spacial score (nSPS) is 21.4. The van der Waals surface area contributed by atoms with Crippen molar-refractivity contribution in [3.05, 3.63) is 29.8 Å². The van der Waals surface area contributed by atoms with Crippen molar-refractivity contribution < 1.29 is 19.1 Å². The Morgan fingerprint density at radius 2 is 1.81 bits per heavy atom. The molecule has 0 saturated carbocycles. The molecule has 0 bridgehead atoms. The number of unbranched alkanes of at least 4 members (excludes halogenated alkanes) is 1. The summed E-state index contributed by atoms with van der Waals surface area (Å²) in [5.74, 6) is 0.0533. The fraction of sp³-hybridized carbons (Fsp3) is 0.625. The molecule has 3 amide bonds. The Kier molecular flexibility index (Phi) is 6.78. The molecule has 0 aliphatic carbocycles. The van der Waals surface area contributed by atoms with Crippen LogP contribution in [0.5, 0.6) is 0 Å². The Labute approximate surface area is 184 Å². The summed E-state index contributed by atoms with van der Waals surface area (Å²) in [6.45, 7) is 4.60. The molecule has 0 N–H and O–H groups in total. The van der Waals surface area contributed by atoms with Crippen LogP contribution in [0.2, 0.25) is 0 Å². The molecule has 0 aromatic heterocycles. The second-order valence-electron chi connectivity index (χ2n) is 8.82. The molecule has 3 aliphatic rings. The molecular formula is C24H33N3O4. The monoisotopic (exact) mass is 427 g/mol. The predicted molar refractivity (Wildman–Crippen MR) is 118 cm³/mol. The summed E-state index contributed by atoms with van der Waals surface area (Å²) in [5.41, 5.74) is 2.18. The number of carbonyl (C=O) groups excluding carboxylic acids is 3. The highest BCUT2D eigenvalue weighted by Gasteiger charge is 2.39. The summed E-state index contributed by atoms with van der Waals surface area (Å²) in [7, 11) is 0. The van der Waals surface area contributed by atoms with E-state index in [-0.39, 0.29) is 42.8 Å². The Morgan fingerprint density at radius 3 is 2.58 bits per heavy atom. The lowest BCUT2D eigenvalue weighted by Crippen LogP contribution is -2.49. The molecule has 4 rings (SSSR count). The van der Waals surface area contributed by atoms with Crippen molar-refractivity contribution in [1.29, 1.82) is 0 Å². The van der Waals surface area contributed by atoms with E-state index in [0.717, 1.165) is 44.2 Å². The van der Waals surface area contributed by atoms with Crippen molar-refractivity contribution in [1.82, 2.24) is 9.80 Å². The third-order valence-electron chi connectivity index (χ3n) is 6.85. The maximum Gasteiger partial charge on any atom is 0.410 e. The summed E-state index contributed by atoms with van der Waals surface area (Å²) in [4.78, 5) is 43.2. The lowest BCUT2D eigenvalue weighted by molar-refractivity contribution is -0.134. The summed E-state index contributed by atoms with van der Waals surface area (Å²) in [6, 6.07) is 8.28. The summed E-state index contributed by atoms with van der Waals surface area (Å²) >= 11 is 0. The van der Waals surface area contributed by atoms with Gasteiger partial charge in [0.2, 0.25) is 11.8 Å². The highest BCUT2D eigenvalue weighted by atomic mass is 16.6. The van der Waals surface area contributed by atoms with Crippen LogP contribution in [0.1, 0.15) is 57.4 Å². The van der Waals surface area contributed by atoms with Crippen LogP contribution in [0.15, 0.2) is 24.3 Å². The van der Waals surface area contributed by atoms with Crippen LogP contribution in [0.3, 0.4) is 0 Å². The van der Waals surface area contributed by atoms with Crippen LogP contribution in [0.4, 0.5) is 10.5 Å². The third-order valence-corrected chi connectivity index (χ3v) is 6.85. The lowest BCUT2D eigenvalue weighted by Gasteiger charge is -2.38. The van der Waals surface area contributed by atoms with E-state index in [4.69, 9.17) is 4.74 Å². The first-order valence-electron chi connectivity index (χ1n) is 11.7. The number of fused-ring (bicyclic) bond motifs is 1. The zero-order valence-electron chi connectivity index (χ0n) is 18.4. The zero-order valence-corrected chi connectivity index (χ0v) is 18.4. The number of para-hydroxylation sites is 1. The van der Waals surface area contributed by atoms with E-state index in [2.05, 4.69) is 13.0 Å². The van der Waals surface area contributed by atoms with Gasteiger partial charge in [0.15, 0.2) is 0 Å². The van der Waals surface area contributed by atoms with Gasteiger partial charge in [0.1, 0.15) is 6.61 Å². The first-order valence-corrected chi connectivity index (χ1v) is 11.7. The van der Waals surface area contributed by atoms with Gasteiger partial charge in [0.05, 0.1) is 6.04 Å². The Balaban J connectivity index is 1.24. The Hall–Kier alpha value is -2.57. The molecule has 168 valence electrons. The minimum atomic E-state index is -0.206. The molecule has 1 atom stereocenters. The number of rotatable bonds is 7. The number of likely N-dealkylation sites (tertiary alicyclic amines) is 1. The molecule has 1 aromatic carbocycles. The summed E-state index contributed by atoms with van der Waals surface area (Å²) in [6.07, 6.45) is 5.87. The van der Waals surface area contributed by atoms with Gasteiger partial charge in [-0.05, 0) is 37.3 Å². The molecule has 0 spiro atoms. The van der Waals surface area contributed by atoms with E-state index in [0.29, 0.717) is 26.2 Å². The fourth-order valence-corrected chi connectivity index (χ4v) is 5.08. The molecule has 31 heavy (non-hydrogen) atoms. The molecule has 2 saturated heterocycles. The zero-order chi connectivity index (χ0) is 21.8. The SMILES string of the molecule is CCCCC1COC(=O)N1C1CCN(C(=O)CCC(=O)N2CCc3ccccc32)CC1. The second-order valence-corrected chi connectivity index (χ2v) is 8.82. The van der Waals surface area contributed by atoms with E-state index >= 15 is 0 Å². The van der Waals surface area contributed by atoms with Gasteiger partial charge in [-0.1, -0.05) is 38.0 Å². The third kappa shape index (κ3) is 4.70. The number of hydrogen-bond donors (Lipinski definition) is 0. The molecule has 0 radical (unpaired) electrons. The van der Waals surface area contributed by atoms with Gasteiger partial charge in [0.25, 0.3) is 0 Å². The predicted octanol–water partition coefficient (Wildman–Crippen LogP) is 3.36. The van der Waals surface area contributed by atoms with Crippen molar-refractivity contribution in [3.63, 3.8) is 0 Å². The number of anilines is 1. The molecular weight excluding hydrogens is 394 g/mol. The maximum atomic E-state index is 12.7. The van der Waals surface area contributed by atoms with Crippen molar-refractivity contribution >= 4 is 23.6 Å². The van der Waals surface area contributed by atoms with E-state index in [1.807, 2.05) is 32.9 Å². The van der Waals surface area contributed by atoms with Gasteiger partial charge in [-0.2, -0.15) is 0 Å². The molecule has 3 aliphatic heterocycles. The number of amides is 3. The van der Waals surface area contributed by atoms with Crippen molar-refractivity contribution in [2.24, 2.45) is 0 Å². The number of cyclic esters (lactones) is 1. The van der Waals surface area contributed by atoms with Crippen LogP contribution < -0.4 is 4.90 Å². The average Bonchev–Trinajstić information content (AvgIpc) is 3.39. The maximum absolute atomic E-state index is 12.7. The smallest absolute Gasteiger partial charge is 0.410 e. The molecule has 1 aromatic rings. The number of carbonyl (C=O) groups is 3. The van der Waals surface area contributed by atoms with E-state index in [9.17, 15) is 14.4 Å². The fourth-order valence-electron chi connectivity index (χ4n) is 5.08. The van der Waals surface area contributed by atoms with Gasteiger partial charge >= 0.3 is 6.09 Å². The van der Waals surface area contributed by atoms with E-state index < -0.39 is 0 Å². The van der Waals surface area contributed by atoms with Crippen LogP contribution in [0, 0.1) is 0 Å². The highest BCUT2D eigenvalue weighted by molar-refractivity contribution is 5.97. The van der Waals surface area contributed by atoms with Crippen LogP contribution >= 0.6 is 0 Å². The molecule has 3 heterocycles. The van der Waals surface area contributed by atoms with Gasteiger partial charge in [-0.3, -0.25) is 14.5 Å². The molecule has 1 unspecified atom stereocenters. The van der Waals surface area contributed by atoms with Crippen LogP contribution in [0.25, 0.3) is 0 Å². The number of nitrogens with zero attached hydrogens (tertiary/aromatic N) is 3. The van der Waals surface area contributed by atoms with Crippen LogP contribution in [-0.4, -0.2) is 66.0 Å². The number of benzene rings is 1. The Morgan fingerprint density at radius 1 is 1.06 bits per heavy atom. The average molecular weight is 428 g/mol.